The number of rotatable bonds is 10. The van der Waals surface area contributed by atoms with Gasteiger partial charge >= 0.3 is 11.9 Å². The minimum absolute atomic E-state index is 0.0281. The first-order chi connectivity index (χ1) is 12.2. The molecule has 0 unspecified atom stereocenters. The van der Waals surface area contributed by atoms with E-state index in [1.807, 2.05) is 0 Å². The molecule has 0 heterocycles. The van der Waals surface area contributed by atoms with E-state index in [2.05, 4.69) is 10.6 Å². The molecule has 0 aliphatic carbocycles. The molecule has 0 aliphatic rings. The maximum Gasteiger partial charge on any atom is 0.326 e. The molecular formula is C16H21N3O7. The van der Waals surface area contributed by atoms with Gasteiger partial charge in [0, 0.05) is 12.8 Å². The van der Waals surface area contributed by atoms with E-state index in [1.54, 1.807) is 12.1 Å². The fourth-order valence-electron chi connectivity index (χ4n) is 2.13. The van der Waals surface area contributed by atoms with Crippen LogP contribution >= 0.6 is 0 Å². The summed E-state index contributed by atoms with van der Waals surface area (Å²) in [5.41, 5.74) is 5.84. The third-order valence-electron chi connectivity index (χ3n) is 3.47. The molecule has 0 aromatic heterocycles. The molecule has 0 fully saturated rings. The number of carboxylic acid groups (broad SMARTS) is 2. The average molecular weight is 367 g/mol. The van der Waals surface area contributed by atoms with Crippen molar-refractivity contribution in [3.63, 3.8) is 0 Å². The second-order valence-electron chi connectivity index (χ2n) is 5.53. The summed E-state index contributed by atoms with van der Waals surface area (Å²) in [5.74, 6) is -3.94. The number of carbonyl (C=O) groups excluding carboxylic acids is 2. The molecule has 10 nitrogen and oxygen atoms in total. The minimum atomic E-state index is -1.41. The summed E-state index contributed by atoms with van der Waals surface area (Å²) in [7, 11) is 0. The molecule has 0 saturated heterocycles. The van der Waals surface area contributed by atoms with Gasteiger partial charge in [0.05, 0.1) is 6.54 Å². The Morgan fingerprint density at radius 1 is 1.00 bits per heavy atom. The summed E-state index contributed by atoms with van der Waals surface area (Å²) < 4.78 is 0. The zero-order valence-corrected chi connectivity index (χ0v) is 13.8. The SMILES string of the molecule is NCC(=O)N[C@@H](Cc1ccc(O)cc1)C(=O)N[C@@H](CCC(=O)O)C(=O)O. The van der Waals surface area contributed by atoms with Crippen LogP contribution in [0.3, 0.4) is 0 Å². The number of phenols is 1. The first-order valence-electron chi connectivity index (χ1n) is 7.75. The van der Waals surface area contributed by atoms with Gasteiger partial charge in [-0.05, 0) is 24.1 Å². The fourth-order valence-corrected chi connectivity index (χ4v) is 2.13. The smallest absolute Gasteiger partial charge is 0.326 e. The van der Waals surface area contributed by atoms with Crippen LogP contribution in [0.1, 0.15) is 18.4 Å². The van der Waals surface area contributed by atoms with E-state index in [4.69, 9.17) is 15.9 Å². The highest BCUT2D eigenvalue weighted by Gasteiger charge is 2.27. The van der Waals surface area contributed by atoms with Gasteiger partial charge < -0.3 is 31.7 Å². The largest absolute Gasteiger partial charge is 0.508 e. The summed E-state index contributed by atoms with van der Waals surface area (Å²) in [6.45, 7) is -0.360. The second kappa shape index (κ2) is 9.99. The van der Waals surface area contributed by atoms with Crippen LogP contribution in [0.15, 0.2) is 24.3 Å². The van der Waals surface area contributed by atoms with Crippen molar-refractivity contribution in [2.75, 3.05) is 6.54 Å². The molecule has 7 N–H and O–H groups in total. The first kappa shape index (κ1) is 20.9. The summed E-state index contributed by atoms with van der Waals surface area (Å²) in [6, 6.07) is 3.38. The zero-order valence-electron chi connectivity index (χ0n) is 13.8. The van der Waals surface area contributed by atoms with Crippen molar-refractivity contribution in [1.82, 2.24) is 10.6 Å². The van der Waals surface area contributed by atoms with Crippen LogP contribution < -0.4 is 16.4 Å². The Labute approximate surface area is 149 Å². The van der Waals surface area contributed by atoms with E-state index in [1.165, 1.54) is 12.1 Å². The van der Waals surface area contributed by atoms with Crippen molar-refractivity contribution in [2.45, 2.75) is 31.3 Å². The maximum atomic E-state index is 12.4. The molecule has 10 heteroatoms. The van der Waals surface area contributed by atoms with Crippen LogP contribution in [0.25, 0.3) is 0 Å². The molecule has 1 aromatic carbocycles. The summed E-state index contributed by atoms with van der Waals surface area (Å²) in [5, 5.41) is 31.7. The van der Waals surface area contributed by atoms with Gasteiger partial charge in [0.1, 0.15) is 17.8 Å². The van der Waals surface area contributed by atoms with Gasteiger partial charge in [0.15, 0.2) is 0 Å². The Bertz CT molecular complexity index is 660. The maximum absolute atomic E-state index is 12.4. The summed E-state index contributed by atoms with van der Waals surface area (Å²) in [6.07, 6.45) is -0.703. The molecule has 1 rings (SSSR count). The van der Waals surface area contributed by atoms with Gasteiger partial charge in [-0.2, -0.15) is 0 Å². The van der Waals surface area contributed by atoms with Crippen molar-refractivity contribution in [2.24, 2.45) is 5.73 Å². The van der Waals surface area contributed by atoms with Gasteiger partial charge in [-0.1, -0.05) is 12.1 Å². The number of phenolic OH excluding ortho intramolecular Hbond substituents is 1. The highest BCUT2D eigenvalue weighted by atomic mass is 16.4. The Morgan fingerprint density at radius 3 is 2.12 bits per heavy atom. The quantitative estimate of drug-likeness (QED) is 0.299. The summed E-state index contributed by atoms with van der Waals surface area (Å²) >= 11 is 0. The van der Waals surface area contributed by atoms with Crippen molar-refractivity contribution in [1.29, 1.82) is 0 Å². The van der Waals surface area contributed by atoms with Crippen molar-refractivity contribution in [3.8, 4) is 5.75 Å². The van der Waals surface area contributed by atoms with Crippen LogP contribution in [0.2, 0.25) is 0 Å². The highest BCUT2D eigenvalue weighted by molar-refractivity contribution is 5.91. The lowest BCUT2D eigenvalue weighted by atomic mass is 10.0. The van der Waals surface area contributed by atoms with E-state index < -0.39 is 42.3 Å². The van der Waals surface area contributed by atoms with Gasteiger partial charge in [0.25, 0.3) is 0 Å². The molecule has 0 spiro atoms. The lowest BCUT2D eigenvalue weighted by Gasteiger charge is -2.21. The van der Waals surface area contributed by atoms with E-state index >= 15 is 0 Å². The molecule has 0 bridgehead atoms. The fraction of sp³-hybridized carbons (Fsp3) is 0.375. The van der Waals surface area contributed by atoms with Crippen LogP contribution in [-0.4, -0.2) is 57.7 Å². The molecule has 2 amide bonds. The number of benzene rings is 1. The Morgan fingerprint density at radius 2 is 1.62 bits per heavy atom. The number of amides is 2. The highest BCUT2D eigenvalue weighted by Crippen LogP contribution is 2.12. The number of carbonyl (C=O) groups is 4. The number of carboxylic acids is 2. The summed E-state index contributed by atoms with van der Waals surface area (Å²) in [4.78, 5) is 45.8. The van der Waals surface area contributed by atoms with Crippen LogP contribution in [0.5, 0.6) is 5.75 Å². The van der Waals surface area contributed by atoms with Crippen molar-refractivity contribution < 1.29 is 34.5 Å². The van der Waals surface area contributed by atoms with Gasteiger partial charge in [-0.15, -0.1) is 0 Å². The minimum Gasteiger partial charge on any atom is -0.508 e. The number of nitrogens with two attached hydrogens (primary N) is 1. The van der Waals surface area contributed by atoms with Crippen LogP contribution in [-0.2, 0) is 25.6 Å². The molecule has 2 atom stereocenters. The predicted molar refractivity (Wildman–Crippen MR) is 89.2 cm³/mol. The van der Waals surface area contributed by atoms with Crippen LogP contribution in [0.4, 0.5) is 0 Å². The number of aromatic hydroxyl groups is 1. The number of nitrogens with one attached hydrogen (secondary N) is 2. The Balaban J connectivity index is 2.87. The molecule has 26 heavy (non-hydrogen) atoms. The van der Waals surface area contributed by atoms with Crippen LogP contribution in [0, 0.1) is 0 Å². The number of hydrogen-bond acceptors (Lipinski definition) is 6. The predicted octanol–water partition coefficient (Wildman–Crippen LogP) is -1.19. The standard InChI is InChI=1S/C16H21N3O7/c17-8-13(21)18-12(7-9-1-3-10(20)4-2-9)15(24)19-11(16(25)26)5-6-14(22)23/h1-4,11-12,20H,5-8,17H2,(H,18,21)(H,19,24)(H,22,23)(H,25,26)/t11-,12-/m0/s1. The number of aliphatic carboxylic acids is 2. The second-order valence-corrected chi connectivity index (χ2v) is 5.53. The molecule has 0 aliphatic heterocycles. The molecule has 0 saturated carbocycles. The molecule has 1 aromatic rings. The first-order valence-corrected chi connectivity index (χ1v) is 7.75. The monoisotopic (exact) mass is 367 g/mol. The van der Waals surface area contributed by atoms with E-state index in [9.17, 15) is 24.3 Å². The van der Waals surface area contributed by atoms with E-state index in [0.29, 0.717) is 5.56 Å². The Kier molecular flexibility index (Phi) is 8.03. The lowest BCUT2D eigenvalue weighted by molar-refractivity contribution is -0.143. The van der Waals surface area contributed by atoms with Crippen molar-refractivity contribution >= 4 is 23.8 Å². The molecular weight excluding hydrogens is 346 g/mol. The number of hydrogen-bond donors (Lipinski definition) is 6. The Hall–Kier alpha value is -3.14. The van der Waals surface area contributed by atoms with Gasteiger partial charge in [0.2, 0.25) is 11.8 Å². The zero-order chi connectivity index (χ0) is 19.7. The molecule has 0 radical (unpaired) electrons. The topological polar surface area (TPSA) is 179 Å². The molecule has 142 valence electrons. The lowest BCUT2D eigenvalue weighted by Crippen LogP contribution is -2.53. The normalized spacial score (nSPS) is 12.7. The third-order valence-corrected chi connectivity index (χ3v) is 3.47. The van der Waals surface area contributed by atoms with E-state index in [-0.39, 0.29) is 25.1 Å². The van der Waals surface area contributed by atoms with Gasteiger partial charge in [-0.25, -0.2) is 4.79 Å². The average Bonchev–Trinajstić information content (AvgIpc) is 2.58. The van der Waals surface area contributed by atoms with Gasteiger partial charge in [-0.3, -0.25) is 14.4 Å². The third kappa shape index (κ3) is 7.18. The van der Waals surface area contributed by atoms with E-state index in [0.717, 1.165) is 0 Å². The van der Waals surface area contributed by atoms with Crippen molar-refractivity contribution in [3.05, 3.63) is 29.8 Å².